The van der Waals surface area contributed by atoms with Crippen molar-refractivity contribution < 1.29 is 19.1 Å². The molecule has 0 bridgehead atoms. The van der Waals surface area contributed by atoms with E-state index >= 15 is 0 Å². The Morgan fingerprint density at radius 1 is 1.06 bits per heavy atom. The van der Waals surface area contributed by atoms with Gasteiger partial charge in [0.15, 0.2) is 11.5 Å². The molecule has 158 valence electrons. The lowest BCUT2D eigenvalue weighted by Gasteiger charge is -2.24. The molecule has 1 unspecified atom stereocenters. The van der Waals surface area contributed by atoms with Crippen LogP contribution in [0.1, 0.15) is 24.0 Å². The van der Waals surface area contributed by atoms with E-state index in [0.717, 1.165) is 11.1 Å². The van der Waals surface area contributed by atoms with E-state index in [9.17, 15) is 9.59 Å². The Morgan fingerprint density at radius 2 is 1.90 bits per heavy atom. The van der Waals surface area contributed by atoms with E-state index in [0.29, 0.717) is 43.1 Å². The van der Waals surface area contributed by atoms with Crippen LogP contribution in [0.3, 0.4) is 0 Å². The van der Waals surface area contributed by atoms with Crippen LogP contribution < -0.4 is 14.8 Å². The van der Waals surface area contributed by atoms with Gasteiger partial charge in [-0.1, -0.05) is 36.4 Å². The topological polar surface area (TPSA) is 85.7 Å². The number of hydrogen-bond donors (Lipinski definition) is 1. The minimum atomic E-state index is -0.518. The van der Waals surface area contributed by atoms with E-state index in [4.69, 9.17) is 9.47 Å². The Bertz CT molecular complexity index is 1110. The third kappa shape index (κ3) is 4.09. The van der Waals surface area contributed by atoms with Crippen molar-refractivity contribution in [2.75, 3.05) is 12.1 Å². The van der Waals surface area contributed by atoms with Crippen LogP contribution in [-0.2, 0) is 22.7 Å². The third-order valence-electron chi connectivity index (χ3n) is 5.51. The molecule has 0 aliphatic carbocycles. The first-order valence-electron chi connectivity index (χ1n) is 10.2. The molecular weight excluding hydrogens is 396 g/mol. The van der Waals surface area contributed by atoms with Crippen molar-refractivity contribution in [3.63, 3.8) is 0 Å². The molecule has 2 aliphatic rings. The van der Waals surface area contributed by atoms with E-state index in [1.165, 1.54) is 0 Å². The Kier molecular flexibility index (Phi) is 5.03. The Labute approximate surface area is 179 Å². The maximum Gasteiger partial charge on any atom is 0.247 e. The van der Waals surface area contributed by atoms with Crippen molar-refractivity contribution in [1.82, 2.24) is 14.7 Å². The van der Waals surface area contributed by atoms with E-state index in [-0.39, 0.29) is 18.6 Å². The molecule has 2 amide bonds. The summed E-state index contributed by atoms with van der Waals surface area (Å²) in [5.74, 6) is 1.12. The normalized spacial score (nSPS) is 17.2. The molecule has 31 heavy (non-hydrogen) atoms. The standard InChI is InChI=1S/C23H22N4O4/c28-22-9-7-19(27(22)13-17-6-8-20-21(10-17)31-15-30-20)23(29)25-18-11-24-26(14-18)12-16-4-2-1-3-5-16/h1-6,8,10-11,14,19H,7,9,12-13,15H2,(H,25,29). The fourth-order valence-corrected chi connectivity index (χ4v) is 3.95. The summed E-state index contributed by atoms with van der Waals surface area (Å²) in [5.41, 5.74) is 2.64. The summed E-state index contributed by atoms with van der Waals surface area (Å²) in [7, 11) is 0. The zero-order valence-corrected chi connectivity index (χ0v) is 16.9. The lowest BCUT2D eigenvalue weighted by atomic mass is 10.1. The number of amides is 2. The fourth-order valence-electron chi connectivity index (χ4n) is 3.95. The van der Waals surface area contributed by atoms with Gasteiger partial charge >= 0.3 is 0 Å². The van der Waals surface area contributed by atoms with Gasteiger partial charge in [0, 0.05) is 19.2 Å². The predicted molar refractivity (Wildman–Crippen MR) is 113 cm³/mol. The molecule has 1 atom stereocenters. The highest BCUT2D eigenvalue weighted by molar-refractivity contribution is 5.98. The van der Waals surface area contributed by atoms with Crippen molar-refractivity contribution in [3.05, 3.63) is 72.1 Å². The van der Waals surface area contributed by atoms with Gasteiger partial charge in [-0.05, 0) is 29.7 Å². The smallest absolute Gasteiger partial charge is 0.247 e. The summed E-state index contributed by atoms with van der Waals surface area (Å²) in [6, 6.07) is 15.0. The summed E-state index contributed by atoms with van der Waals surface area (Å²) >= 11 is 0. The molecule has 0 saturated carbocycles. The molecule has 3 aromatic rings. The second-order valence-corrected chi connectivity index (χ2v) is 7.67. The molecule has 1 saturated heterocycles. The van der Waals surface area contributed by atoms with Gasteiger partial charge in [-0.3, -0.25) is 14.3 Å². The van der Waals surface area contributed by atoms with Crippen LogP contribution >= 0.6 is 0 Å². The number of rotatable bonds is 6. The van der Waals surface area contributed by atoms with Crippen LogP contribution in [0.5, 0.6) is 11.5 Å². The van der Waals surface area contributed by atoms with Crippen molar-refractivity contribution in [3.8, 4) is 11.5 Å². The van der Waals surface area contributed by atoms with Gasteiger partial charge in [0.2, 0.25) is 18.6 Å². The summed E-state index contributed by atoms with van der Waals surface area (Å²) in [5, 5.41) is 7.23. The lowest BCUT2D eigenvalue weighted by Crippen LogP contribution is -2.41. The van der Waals surface area contributed by atoms with Crippen LogP contribution in [0.25, 0.3) is 0 Å². The summed E-state index contributed by atoms with van der Waals surface area (Å²) < 4.78 is 12.5. The maximum absolute atomic E-state index is 12.9. The zero-order valence-electron chi connectivity index (χ0n) is 16.9. The summed E-state index contributed by atoms with van der Waals surface area (Å²) in [6.07, 6.45) is 4.27. The van der Waals surface area contributed by atoms with Crippen molar-refractivity contribution in [2.45, 2.75) is 32.0 Å². The number of nitrogens with one attached hydrogen (secondary N) is 1. The number of anilines is 1. The molecule has 3 heterocycles. The van der Waals surface area contributed by atoms with E-state index in [1.54, 1.807) is 22.0 Å². The molecule has 1 N–H and O–H groups in total. The number of aromatic nitrogens is 2. The number of ether oxygens (including phenoxy) is 2. The number of carbonyl (C=O) groups excluding carboxylic acids is 2. The number of hydrogen-bond acceptors (Lipinski definition) is 5. The first kappa shape index (κ1) is 19.2. The molecule has 1 aromatic heterocycles. The molecular formula is C23H22N4O4. The monoisotopic (exact) mass is 418 g/mol. The lowest BCUT2D eigenvalue weighted by molar-refractivity contribution is -0.133. The molecule has 0 radical (unpaired) electrons. The van der Waals surface area contributed by atoms with Gasteiger partial charge in [0.1, 0.15) is 6.04 Å². The second kappa shape index (κ2) is 8.14. The maximum atomic E-state index is 12.9. The van der Waals surface area contributed by atoms with Crippen LogP contribution in [0.15, 0.2) is 60.9 Å². The quantitative estimate of drug-likeness (QED) is 0.665. The van der Waals surface area contributed by atoms with E-state index in [2.05, 4.69) is 10.4 Å². The molecule has 1 fully saturated rings. The molecule has 8 heteroatoms. The minimum Gasteiger partial charge on any atom is -0.454 e. The molecule has 2 aromatic carbocycles. The number of benzene rings is 2. The van der Waals surface area contributed by atoms with Crippen molar-refractivity contribution in [2.24, 2.45) is 0 Å². The third-order valence-corrected chi connectivity index (χ3v) is 5.51. The van der Waals surface area contributed by atoms with Gasteiger partial charge < -0.3 is 19.7 Å². The van der Waals surface area contributed by atoms with Crippen LogP contribution in [-0.4, -0.2) is 39.3 Å². The number of fused-ring (bicyclic) bond motifs is 1. The van der Waals surface area contributed by atoms with Gasteiger partial charge in [-0.15, -0.1) is 0 Å². The molecule has 2 aliphatic heterocycles. The van der Waals surface area contributed by atoms with Gasteiger partial charge in [-0.2, -0.15) is 5.10 Å². The van der Waals surface area contributed by atoms with Crippen molar-refractivity contribution in [1.29, 1.82) is 0 Å². The zero-order chi connectivity index (χ0) is 21.2. The average Bonchev–Trinajstić information content (AvgIpc) is 3.50. The first-order chi connectivity index (χ1) is 15.2. The number of nitrogens with zero attached hydrogens (tertiary/aromatic N) is 3. The first-order valence-corrected chi connectivity index (χ1v) is 10.2. The fraction of sp³-hybridized carbons (Fsp3) is 0.261. The van der Waals surface area contributed by atoms with Gasteiger partial charge in [0.05, 0.1) is 18.4 Å². The highest BCUT2D eigenvalue weighted by Gasteiger charge is 2.36. The summed E-state index contributed by atoms with van der Waals surface area (Å²) in [4.78, 5) is 27.0. The van der Waals surface area contributed by atoms with E-state index < -0.39 is 6.04 Å². The molecule has 8 nitrogen and oxygen atoms in total. The Hall–Kier alpha value is -3.81. The molecule has 5 rings (SSSR count). The highest BCUT2D eigenvalue weighted by Crippen LogP contribution is 2.33. The summed E-state index contributed by atoms with van der Waals surface area (Å²) in [6.45, 7) is 1.17. The highest BCUT2D eigenvalue weighted by atomic mass is 16.7. The van der Waals surface area contributed by atoms with Gasteiger partial charge in [-0.25, -0.2) is 0 Å². The van der Waals surface area contributed by atoms with Crippen LogP contribution in [0.4, 0.5) is 5.69 Å². The van der Waals surface area contributed by atoms with E-state index in [1.807, 2.05) is 48.5 Å². The van der Waals surface area contributed by atoms with Crippen LogP contribution in [0, 0.1) is 0 Å². The average molecular weight is 418 g/mol. The SMILES string of the molecule is O=C(Nc1cnn(Cc2ccccc2)c1)C1CCC(=O)N1Cc1ccc2c(c1)OCO2. The predicted octanol–water partition coefficient (Wildman–Crippen LogP) is 2.79. The van der Waals surface area contributed by atoms with Crippen molar-refractivity contribution >= 4 is 17.5 Å². The Balaban J connectivity index is 1.25. The molecule has 0 spiro atoms. The minimum absolute atomic E-state index is 0.0300. The second-order valence-electron chi connectivity index (χ2n) is 7.67. The van der Waals surface area contributed by atoms with Gasteiger partial charge in [0.25, 0.3) is 0 Å². The largest absolute Gasteiger partial charge is 0.454 e. The number of likely N-dealkylation sites (tertiary alicyclic amines) is 1. The van der Waals surface area contributed by atoms with Crippen LogP contribution in [0.2, 0.25) is 0 Å². The Morgan fingerprint density at radius 3 is 2.77 bits per heavy atom. The number of carbonyl (C=O) groups is 2.